The number of aryl methyl sites for hydroxylation is 1. The minimum atomic E-state index is 0.171. The molecule has 0 radical (unpaired) electrons. The minimum Gasteiger partial charge on any atom is -0.496 e. The van der Waals surface area contributed by atoms with Crippen LogP contribution in [0.25, 0.3) is 6.08 Å². The first-order valence-corrected chi connectivity index (χ1v) is 5.11. The first kappa shape index (κ1) is 11.8. The first-order chi connectivity index (χ1) is 7.17. The Morgan fingerprint density at radius 2 is 2.20 bits per heavy atom. The van der Waals surface area contributed by atoms with E-state index in [1.807, 2.05) is 38.1 Å². The molecule has 1 aromatic carbocycles. The molecule has 0 bridgehead atoms. The van der Waals surface area contributed by atoms with E-state index in [9.17, 15) is 0 Å². The van der Waals surface area contributed by atoms with Crippen LogP contribution in [0.15, 0.2) is 24.3 Å². The highest BCUT2D eigenvalue weighted by Crippen LogP contribution is 2.21. The Labute approximate surface area is 91.2 Å². The van der Waals surface area contributed by atoms with Crippen molar-refractivity contribution < 1.29 is 9.84 Å². The van der Waals surface area contributed by atoms with Crippen molar-refractivity contribution in [3.05, 3.63) is 35.4 Å². The van der Waals surface area contributed by atoms with Crippen molar-refractivity contribution >= 4 is 6.08 Å². The van der Waals surface area contributed by atoms with Gasteiger partial charge in [0.2, 0.25) is 0 Å². The number of benzene rings is 1. The molecular formula is C13H18O2. The molecule has 0 aliphatic heterocycles. The molecule has 1 aromatic rings. The maximum absolute atomic E-state index is 8.91. The van der Waals surface area contributed by atoms with Gasteiger partial charge in [-0.05, 0) is 25.0 Å². The SMILES string of the molecule is COc1ccc(C)cc1/C=C/[C@@H](C)CO. The molecule has 1 atom stereocenters. The summed E-state index contributed by atoms with van der Waals surface area (Å²) in [5.74, 6) is 1.04. The van der Waals surface area contributed by atoms with Gasteiger partial charge in [0.15, 0.2) is 0 Å². The second kappa shape index (κ2) is 5.56. The molecule has 2 nitrogen and oxygen atoms in total. The number of rotatable bonds is 4. The molecule has 0 amide bonds. The predicted molar refractivity (Wildman–Crippen MR) is 63.0 cm³/mol. The van der Waals surface area contributed by atoms with Crippen molar-refractivity contribution in [3.8, 4) is 5.75 Å². The molecule has 82 valence electrons. The number of methoxy groups -OCH3 is 1. The fraction of sp³-hybridized carbons (Fsp3) is 0.385. The maximum Gasteiger partial charge on any atom is 0.126 e. The number of hydrogen-bond acceptors (Lipinski definition) is 2. The largest absolute Gasteiger partial charge is 0.496 e. The van der Waals surface area contributed by atoms with E-state index in [0.717, 1.165) is 11.3 Å². The smallest absolute Gasteiger partial charge is 0.126 e. The fourth-order valence-electron chi connectivity index (χ4n) is 1.31. The monoisotopic (exact) mass is 206 g/mol. The van der Waals surface area contributed by atoms with Crippen LogP contribution in [0.3, 0.4) is 0 Å². The Kier molecular flexibility index (Phi) is 4.37. The molecule has 1 N–H and O–H groups in total. The van der Waals surface area contributed by atoms with Gasteiger partial charge in [0.25, 0.3) is 0 Å². The van der Waals surface area contributed by atoms with E-state index in [1.165, 1.54) is 5.56 Å². The van der Waals surface area contributed by atoms with Crippen LogP contribution < -0.4 is 4.74 Å². The summed E-state index contributed by atoms with van der Waals surface area (Å²) in [6, 6.07) is 6.05. The molecule has 0 heterocycles. The van der Waals surface area contributed by atoms with E-state index in [-0.39, 0.29) is 12.5 Å². The lowest BCUT2D eigenvalue weighted by atomic mass is 10.1. The molecule has 2 heteroatoms. The fourth-order valence-corrected chi connectivity index (χ4v) is 1.31. The summed E-state index contributed by atoms with van der Waals surface area (Å²) in [6.07, 6.45) is 3.98. The topological polar surface area (TPSA) is 29.5 Å². The van der Waals surface area contributed by atoms with E-state index >= 15 is 0 Å². The third-order valence-electron chi connectivity index (χ3n) is 2.28. The molecule has 0 aliphatic rings. The summed E-state index contributed by atoms with van der Waals surface area (Å²) < 4.78 is 5.25. The van der Waals surface area contributed by atoms with Gasteiger partial charge >= 0.3 is 0 Å². The van der Waals surface area contributed by atoms with Crippen molar-refractivity contribution in [1.82, 2.24) is 0 Å². The van der Waals surface area contributed by atoms with E-state index in [2.05, 4.69) is 6.07 Å². The highest BCUT2D eigenvalue weighted by atomic mass is 16.5. The van der Waals surface area contributed by atoms with E-state index < -0.39 is 0 Å². The standard InChI is InChI=1S/C13H18O2/c1-10-5-7-13(15-3)12(8-10)6-4-11(2)9-14/h4-8,11,14H,9H2,1-3H3/b6-4+/t11-/m1/s1. The number of aliphatic hydroxyl groups excluding tert-OH is 1. The van der Waals surface area contributed by atoms with Crippen molar-refractivity contribution in [2.45, 2.75) is 13.8 Å². The molecule has 0 spiro atoms. The average Bonchev–Trinajstić information content (AvgIpc) is 2.26. The van der Waals surface area contributed by atoms with Gasteiger partial charge in [-0.25, -0.2) is 0 Å². The molecular weight excluding hydrogens is 188 g/mol. The predicted octanol–water partition coefficient (Wildman–Crippen LogP) is 2.65. The first-order valence-electron chi connectivity index (χ1n) is 5.11. The zero-order valence-electron chi connectivity index (χ0n) is 9.53. The Morgan fingerprint density at radius 3 is 2.80 bits per heavy atom. The lowest BCUT2D eigenvalue weighted by Crippen LogP contribution is -1.95. The van der Waals surface area contributed by atoms with Crippen molar-refractivity contribution in [3.63, 3.8) is 0 Å². The van der Waals surface area contributed by atoms with Gasteiger partial charge in [-0.15, -0.1) is 0 Å². The third-order valence-corrected chi connectivity index (χ3v) is 2.28. The summed E-state index contributed by atoms with van der Waals surface area (Å²) in [7, 11) is 1.66. The van der Waals surface area contributed by atoms with E-state index in [4.69, 9.17) is 9.84 Å². The molecule has 0 aliphatic carbocycles. The van der Waals surface area contributed by atoms with Gasteiger partial charge in [0.05, 0.1) is 7.11 Å². The molecule has 1 rings (SSSR count). The zero-order valence-corrected chi connectivity index (χ0v) is 9.53. The van der Waals surface area contributed by atoms with Crippen LogP contribution in [0.1, 0.15) is 18.1 Å². The maximum atomic E-state index is 8.91. The number of ether oxygens (including phenoxy) is 1. The number of hydrogen-bond donors (Lipinski definition) is 1. The molecule has 0 fully saturated rings. The minimum absolute atomic E-state index is 0.171. The molecule has 0 unspecified atom stereocenters. The van der Waals surface area contributed by atoms with Gasteiger partial charge < -0.3 is 9.84 Å². The van der Waals surface area contributed by atoms with Crippen LogP contribution in [-0.4, -0.2) is 18.8 Å². The molecule has 15 heavy (non-hydrogen) atoms. The molecule has 0 saturated carbocycles. The normalized spacial score (nSPS) is 13.1. The quantitative estimate of drug-likeness (QED) is 0.820. The second-order valence-electron chi connectivity index (χ2n) is 3.76. The van der Waals surface area contributed by atoms with Crippen molar-refractivity contribution in [2.24, 2.45) is 5.92 Å². The Hall–Kier alpha value is -1.28. The van der Waals surface area contributed by atoms with Crippen LogP contribution in [-0.2, 0) is 0 Å². The molecule has 0 aromatic heterocycles. The van der Waals surface area contributed by atoms with Crippen molar-refractivity contribution in [2.75, 3.05) is 13.7 Å². The summed E-state index contributed by atoms with van der Waals surface area (Å²) in [5, 5.41) is 8.91. The number of aliphatic hydroxyl groups is 1. The summed E-state index contributed by atoms with van der Waals surface area (Å²) in [5.41, 5.74) is 2.25. The average molecular weight is 206 g/mol. The van der Waals surface area contributed by atoms with E-state index in [0.29, 0.717) is 0 Å². The van der Waals surface area contributed by atoms with Gasteiger partial charge in [-0.3, -0.25) is 0 Å². The van der Waals surface area contributed by atoms with Gasteiger partial charge in [0, 0.05) is 12.2 Å². The second-order valence-corrected chi connectivity index (χ2v) is 3.76. The van der Waals surface area contributed by atoms with Gasteiger partial charge in [-0.1, -0.05) is 30.7 Å². The summed E-state index contributed by atoms with van der Waals surface area (Å²) >= 11 is 0. The summed E-state index contributed by atoms with van der Waals surface area (Å²) in [6.45, 7) is 4.19. The Bertz CT molecular complexity index is 342. The highest BCUT2D eigenvalue weighted by molar-refractivity contribution is 5.58. The van der Waals surface area contributed by atoms with Crippen LogP contribution in [0, 0.1) is 12.8 Å². The Balaban J connectivity index is 2.91. The van der Waals surface area contributed by atoms with Gasteiger partial charge in [0.1, 0.15) is 5.75 Å². The Morgan fingerprint density at radius 1 is 1.47 bits per heavy atom. The van der Waals surface area contributed by atoms with Crippen molar-refractivity contribution in [1.29, 1.82) is 0 Å². The van der Waals surface area contributed by atoms with Crippen LogP contribution in [0.2, 0.25) is 0 Å². The molecule has 0 saturated heterocycles. The van der Waals surface area contributed by atoms with E-state index in [1.54, 1.807) is 7.11 Å². The highest BCUT2D eigenvalue weighted by Gasteiger charge is 2.00. The van der Waals surface area contributed by atoms with Crippen LogP contribution in [0.4, 0.5) is 0 Å². The lowest BCUT2D eigenvalue weighted by molar-refractivity contribution is 0.262. The van der Waals surface area contributed by atoms with Gasteiger partial charge in [-0.2, -0.15) is 0 Å². The summed E-state index contributed by atoms with van der Waals surface area (Å²) in [4.78, 5) is 0. The third kappa shape index (κ3) is 3.40. The zero-order chi connectivity index (χ0) is 11.3. The lowest BCUT2D eigenvalue weighted by Gasteiger charge is -2.06. The van der Waals surface area contributed by atoms with Crippen LogP contribution in [0.5, 0.6) is 5.75 Å². The van der Waals surface area contributed by atoms with Crippen LogP contribution >= 0.6 is 0 Å².